The lowest BCUT2D eigenvalue weighted by Crippen LogP contribution is -2.50. The van der Waals surface area contributed by atoms with Crippen molar-refractivity contribution in [3.63, 3.8) is 0 Å². The summed E-state index contributed by atoms with van der Waals surface area (Å²) in [6, 6.07) is 4.58. The number of hydrogen-bond acceptors (Lipinski definition) is 7. The van der Waals surface area contributed by atoms with Crippen LogP contribution in [0, 0.1) is 0 Å². The first-order chi connectivity index (χ1) is 10.8. The molecular weight excluding hydrogens is 351 g/mol. The lowest BCUT2D eigenvalue weighted by molar-refractivity contribution is -0.148. The predicted octanol–water partition coefficient (Wildman–Crippen LogP) is -1.12. The zero-order valence-electron chi connectivity index (χ0n) is 11.7. The molecule has 0 radical (unpaired) electrons. The van der Waals surface area contributed by atoms with Gasteiger partial charge < -0.3 is 25.5 Å². The molecule has 128 valence electrons. The van der Waals surface area contributed by atoms with Gasteiger partial charge in [-0.05, 0) is 12.1 Å². The Hall–Kier alpha value is -1.26. The van der Waals surface area contributed by atoms with E-state index >= 15 is 0 Å². The first-order valence-corrected chi connectivity index (χ1v) is 7.14. The van der Waals surface area contributed by atoms with Crippen LogP contribution in [0.3, 0.4) is 0 Å². The summed E-state index contributed by atoms with van der Waals surface area (Å²) in [6.07, 6.45) is -6.50. The number of rotatable bonds is 7. The van der Waals surface area contributed by atoms with E-state index in [-0.39, 0.29) is 5.02 Å². The molecule has 0 saturated carbocycles. The summed E-state index contributed by atoms with van der Waals surface area (Å²) >= 11 is 11.6. The SMILES string of the molecule is O=C(N/N=C\c1ccc(Cl)cc1Cl)[C@@H](O)[C@H](O)[C@H](O)[C@H](O)CO. The molecule has 0 aliphatic rings. The summed E-state index contributed by atoms with van der Waals surface area (Å²) < 4.78 is 0. The Morgan fingerprint density at radius 1 is 1.22 bits per heavy atom. The number of nitrogens with zero attached hydrogens (tertiary/aromatic N) is 1. The van der Waals surface area contributed by atoms with Crippen molar-refractivity contribution in [1.29, 1.82) is 0 Å². The molecule has 0 bridgehead atoms. The maximum atomic E-state index is 11.6. The number of benzene rings is 1. The van der Waals surface area contributed by atoms with Crippen molar-refractivity contribution in [2.75, 3.05) is 6.61 Å². The van der Waals surface area contributed by atoms with Crippen LogP contribution in [-0.4, -0.2) is 68.7 Å². The molecule has 0 aliphatic heterocycles. The Bertz CT molecular complexity index is 571. The molecule has 6 N–H and O–H groups in total. The number of carbonyl (C=O) groups is 1. The molecule has 23 heavy (non-hydrogen) atoms. The number of amides is 1. The lowest BCUT2D eigenvalue weighted by atomic mass is 10.0. The topological polar surface area (TPSA) is 143 Å². The summed E-state index contributed by atoms with van der Waals surface area (Å²) in [5.41, 5.74) is 2.39. The molecule has 1 aromatic carbocycles. The molecule has 0 saturated heterocycles. The van der Waals surface area contributed by atoms with Crippen LogP contribution in [0.5, 0.6) is 0 Å². The van der Waals surface area contributed by atoms with Gasteiger partial charge in [-0.2, -0.15) is 5.10 Å². The van der Waals surface area contributed by atoms with Crippen LogP contribution in [0.25, 0.3) is 0 Å². The highest BCUT2D eigenvalue weighted by molar-refractivity contribution is 6.36. The molecule has 0 aliphatic carbocycles. The van der Waals surface area contributed by atoms with E-state index in [1.807, 2.05) is 5.43 Å². The van der Waals surface area contributed by atoms with Crippen molar-refractivity contribution < 1.29 is 30.3 Å². The fourth-order valence-electron chi connectivity index (χ4n) is 1.52. The fourth-order valence-corrected chi connectivity index (χ4v) is 1.97. The largest absolute Gasteiger partial charge is 0.394 e. The number of nitrogens with one attached hydrogen (secondary N) is 1. The second-order valence-electron chi connectivity index (χ2n) is 4.58. The molecule has 10 heteroatoms. The van der Waals surface area contributed by atoms with Gasteiger partial charge in [0.1, 0.15) is 18.3 Å². The van der Waals surface area contributed by atoms with E-state index in [0.717, 1.165) is 0 Å². The van der Waals surface area contributed by atoms with E-state index in [2.05, 4.69) is 5.10 Å². The maximum absolute atomic E-state index is 11.6. The zero-order chi connectivity index (χ0) is 17.6. The Balaban J connectivity index is 2.63. The van der Waals surface area contributed by atoms with E-state index in [1.54, 1.807) is 12.1 Å². The van der Waals surface area contributed by atoms with E-state index in [4.69, 9.17) is 33.4 Å². The van der Waals surface area contributed by atoms with Crippen LogP contribution in [-0.2, 0) is 4.79 Å². The standard InChI is InChI=1S/C13H16Cl2N2O6/c14-7-2-1-6(8(15)3-7)4-16-17-13(23)12(22)11(21)10(20)9(19)5-18/h1-4,9-12,18-22H,5H2,(H,17,23)/b16-4-/t9-,10-,11-,12+/m1/s1. The van der Waals surface area contributed by atoms with Crippen LogP contribution < -0.4 is 5.43 Å². The Morgan fingerprint density at radius 3 is 2.43 bits per heavy atom. The smallest absolute Gasteiger partial charge is 0.271 e. The molecular formula is C13H16Cl2N2O6. The number of aliphatic hydroxyl groups is 5. The summed E-state index contributed by atoms with van der Waals surface area (Å²) in [5.74, 6) is -1.12. The van der Waals surface area contributed by atoms with Gasteiger partial charge in [-0.25, -0.2) is 5.43 Å². The lowest BCUT2D eigenvalue weighted by Gasteiger charge is -2.24. The van der Waals surface area contributed by atoms with E-state index in [1.165, 1.54) is 12.3 Å². The summed E-state index contributed by atoms with van der Waals surface area (Å²) in [5, 5.41) is 50.5. The first kappa shape index (κ1) is 19.8. The summed E-state index contributed by atoms with van der Waals surface area (Å²) in [6.45, 7) is -0.847. The molecule has 0 heterocycles. The zero-order valence-corrected chi connectivity index (χ0v) is 13.2. The van der Waals surface area contributed by atoms with Crippen molar-refractivity contribution >= 4 is 35.3 Å². The van der Waals surface area contributed by atoms with Crippen molar-refractivity contribution in [3.8, 4) is 0 Å². The molecule has 0 unspecified atom stereocenters. The van der Waals surface area contributed by atoms with Crippen molar-refractivity contribution in [1.82, 2.24) is 5.43 Å². The Morgan fingerprint density at radius 2 is 1.87 bits per heavy atom. The second-order valence-corrected chi connectivity index (χ2v) is 5.42. The third-order valence-electron chi connectivity index (χ3n) is 2.86. The van der Waals surface area contributed by atoms with Crippen molar-refractivity contribution in [3.05, 3.63) is 33.8 Å². The van der Waals surface area contributed by atoms with Gasteiger partial charge in [0.25, 0.3) is 5.91 Å². The van der Waals surface area contributed by atoms with Crippen LogP contribution in [0.2, 0.25) is 10.0 Å². The van der Waals surface area contributed by atoms with Crippen molar-refractivity contribution in [2.24, 2.45) is 5.10 Å². The van der Waals surface area contributed by atoms with Gasteiger partial charge in [0, 0.05) is 10.6 Å². The normalized spacial score (nSPS) is 16.8. The minimum absolute atomic E-state index is 0.289. The third kappa shape index (κ3) is 5.70. The molecule has 0 fully saturated rings. The molecule has 0 spiro atoms. The Kier molecular flexibility index (Phi) is 7.86. The molecule has 1 rings (SSSR count). The van der Waals surface area contributed by atoms with Crippen LogP contribution in [0.4, 0.5) is 0 Å². The van der Waals surface area contributed by atoms with Crippen LogP contribution in [0.1, 0.15) is 5.56 Å². The minimum Gasteiger partial charge on any atom is -0.394 e. The monoisotopic (exact) mass is 366 g/mol. The fraction of sp³-hybridized carbons (Fsp3) is 0.385. The minimum atomic E-state index is -2.07. The number of hydrogen-bond donors (Lipinski definition) is 6. The molecule has 1 aromatic rings. The highest BCUT2D eigenvalue weighted by atomic mass is 35.5. The second kappa shape index (κ2) is 9.14. The summed E-state index contributed by atoms with van der Waals surface area (Å²) in [4.78, 5) is 11.6. The van der Waals surface area contributed by atoms with Gasteiger partial charge in [0.2, 0.25) is 0 Å². The number of aliphatic hydroxyl groups excluding tert-OH is 5. The number of halogens is 2. The van der Waals surface area contributed by atoms with Gasteiger partial charge in [-0.3, -0.25) is 4.79 Å². The average molecular weight is 367 g/mol. The van der Waals surface area contributed by atoms with Gasteiger partial charge >= 0.3 is 0 Å². The van der Waals surface area contributed by atoms with Gasteiger partial charge in [-0.1, -0.05) is 29.3 Å². The summed E-state index contributed by atoms with van der Waals surface area (Å²) in [7, 11) is 0. The van der Waals surface area contributed by atoms with Crippen LogP contribution >= 0.6 is 23.2 Å². The average Bonchev–Trinajstić information content (AvgIpc) is 2.53. The third-order valence-corrected chi connectivity index (χ3v) is 3.43. The van der Waals surface area contributed by atoms with E-state index in [0.29, 0.717) is 10.6 Å². The highest BCUT2D eigenvalue weighted by Gasteiger charge is 2.34. The van der Waals surface area contributed by atoms with Gasteiger partial charge in [0.15, 0.2) is 6.10 Å². The highest BCUT2D eigenvalue weighted by Crippen LogP contribution is 2.19. The molecule has 0 aromatic heterocycles. The Labute approximate surface area is 141 Å². The number of hydrazone groups is 1. The van der Waals surface area contributed by atoms with Crippen molar-refractivity contribution in [2.45, 2.75) is 24.4 Å². The molecule has 8 nitrogen and oxygen atoms in total. The van der Waals surface area contributed by atoms with Gasteiger partial charge in [-0.15, -0.1) is 0 Å². The van der Waals surface area contributed by atoms with Gasteiger partial charge in [0.05, 0.1) is 17.8 Å². The van der Waals surface area contributed by atoms with E-state index in [9.17, 15) is 20.1 Å². The van der Waals surface area contributed by atoms with E-state index < -0.39 is 36.9 Å². The quantitative estimate of drug-likeness (QED) is 0.266. The number of carbonyl (C=O) groups excluding carboxylic acids is 1. The molecule has 1 amide bonds. The van der Waals surface area contributed by atoms with Crippen LogP contribution in [0.15, 0.2) is 23.3 Å². The molecule has 4 atom stereocenters. The maximum Gasteiger partial charge on any atom is 0.271 e. The first-order valence-electron chi connectivity index (χ1n) is 6.39. The predicted molar refractivity (Wildman–Crippen MR) is 83.3 cm³/mol.